The number of thiophene rings is 1. The predicted octanol–water partition coefficient (Wildman–Crippen LogP) is 2.79. The molecule has 3 saturated heterocycles. The van der Waals surface area contributed by atoms with Gasteiger partial charge in [0.15, 0.2) is 5.76 Å². The van der Waals surface area contributed by atoms with Crippen LogP contribution in [0.4, 0.5) is 0 Å². The van der Waals surface area contributed by atoms with Crippen molar-refractivity contribution >= 4 is 34.8 Å². The molecular weight excluding hydrogens is 412 g/mol. The third-order valence-electron chi connectivity index (χ3n) is 6.40. The molecule has 29 heavy (non-hydrogen) atoms. The molecule has 0 unspecified atom stereocenters. The minimum atomic E-state index is -0.368. The highest BCUT2D eigenvalue weighted by Crippen LogP contribution is 2.53. The summed E-state index contributed by atoms with van der Waals surface area (Å²) in [6, 6.07) is 5.56. The van der Waals surface area contributed by atoms with Crippen LogP contribution in [0.3, 0.4) is 0 Å². The van der Waals surface area contributed by atoms with Crippen molar-refractivity contribution in [2.75, 3.05) is 26.7 Å². The molecular formula is C20H23ClN4O3S. The van der Waals surface area contributed by atoms with E-state index in [0.717, 1.165) is 42.9 Å². The van der Waals surface area contributed by atoms with Gasteiger partial charge in [0.1, 0.15) is 5.69 Å². The lowest BCUT2D eigenvalue weighted by Gasteiger charge is -2.27. The molecule has 2 amide bonds. The molecule has 0 radical (unpaired) electrons. The van der Waals surface area contributed by atoms with Crippen molar-refractivity contribution in [1.82, 2.24) is 20.3 Å². The summed E-state index contributed by atoms with van der Waals surface area (Å²) in [5, 5.41) is 7.39. The number of carbonyl (C=O) groups is 2. The number of hydrogen-bond donors (Lipinski definition) is 1. The molecule has 0 spiro atoms. The third kappa shape index (κ3) is 3.04. The zero-order valence-electron chi connectivity index (χ0n) is 16.1. The fraction of sp³-hybridized carbons (Fsp3) is 0.550. The summed E-state index contributed by atoms with van der Waals surface area (Å²) in [7, 11) is 1.87. The highest BCUT2D eigenvalue weighted by molar-refractivity contribution is 7.19. The van der Waals surface area contributed by atoms with Crippen molar-refractivity contribution < 1.29 is 14.1 Å². The third-order valence-corrected chi connectivity index (χ3v) is 7.65. The average Bonchev–Trinajstić information content (AvgIpc) is 3.48. The summed E-state index contributed by atoms with van der Waals surface area (Å²) in [4.78, 5) is 31.1. The molecule has 3 fully saturated rings. The number of likely N-dealkylation sites (tertiary alicyclic amines) is 1. The Kier molecular flexibility index (Phi) is 4.98. The van der Waals surface area contributed by atoms with Crippen LogP contribution in [0.2, 0.25) is 4.34 Å². The van der Waals surface area contributed by atoms with E-state index in [-0.39, 0.29) is 35.7 Å². The molecule has 4 atom stereocenters. The number of nitrogens with one attached hydrogen (secondary N) is 1. The van der Waals surface area contributed by atoms with Crippen molar-refractivity contribution in [2.45, 2.75) is 31.3 Å². The van der Waals surface area contributed by atoms with Gasteiger partial charge in [-0.2, -0.15) is 0 Å². The molecule has 0 saturated carbocycles. The summed E-state index contributed by atoms with van der Waals surface area (Å²) < 4.78 is 6.29. The van der Waals surface area contributed by atoms with E-state index in [4.69, 9.17) is 16.1 Å². The van der Waals surface area contributed by atoms with E-state index in [2.05, 4.69) is 15.4 Å². The number of aromatic nitrogens is 1. The summed E-state index contributed by atoms with van der Waals surface area (Å²) in [6.45, 7) is 2.14. The Labute approximate surface area is 178 Å². The topological polar surface area (TPSA) is 78.7 Å². The van der Waals surface area contributed by atoms with Gasteiger partial charge in [-0.1, -0.05) is 16.8 Å². The van der Waals surface area contributed by atoms with Crippen LogP contribution >= 0.6 is 22.9 Å². The standard InChI is InChI=1S/C20H23ClN4O3S/c1-22-7-3-9-25-19(26)16-12-4-2-8-24(12)18(17(16)20(25)27)11-10-13(28-23-11)14-5-6-15(21)29-14/h5-6,10,12,16-18,22H,2-4,7-9H2,1H3/t12-,16-,17-,18-/m1/s1. The van der Waals surface area contributed by atoms with Gasteiger partial charge in [0.2, 0.25) is 11.8 Å². The Hall–Kier alpha value is -1.74. The molecule has 9 heteroatoms. The van der Waals surface area contributed by atoms with Crippen LogP contribution in [0.1, 0.15) is 31.0 Å². The highest BCUT2D eigenvalue weighted by Gasteiger charge is 2.63. The van der Waals surface area contributed by atoms with Crippen molar-refractivity contribution in [1.29, 1.82) is 0 Å². The van der Waals surface area contributed by atoms with Gasteiger partial charge in [-0.3, -0.25) is 19.4 Å². The van der Waals surface area contributed by atoms with E-state index in [9.17, 15) is 9.59 Å². The Bertz CT molecular complexity index is 944. The van der Waals surface area contributed by atoms with E-state index in [1.54, 1.807) is 0 Å². The number of hydrogen-bond acceptors (Lipinski definition) is 7. The second-order valence-corrected chi connectivity index (χ2v) is 9.66. The van der Waals surface area contributed by atoms with Crippen molar-refractivity contribution in [3.8, 4) is 10.6 Å². The largest absolute Gasteiger partial charge is 0.355 e. The first-order valence-corrected chi connectivity index (χ1v) is 11.3. The molecule has 5 rings (SSSR count). The molecule has 0 aromatic carbocycles. The minimum Gasteiger partial charge on any atom is -0.355 e. The number of nitrogens with zero attached hydrogens (tertiary/aromatic N) is 3. The fourth-order valence-corrected chi connectivity index (χ4v) is 6.23. The Morgan fingerprint density at radius 1 is 1.31 bits per heavy atom. The maximum Gasteiger partial charge on any atom is 0.235 e. The van der Waals surface area contributed by atoms with Gasteiger partial charge >= 0.3 is 0 Å². The van der Waals surface area contributed by atoms with E-state index in [1.165, 1.54) is 16.2 Å². The van der Waals surface area contributed by atoms with Crippen LogP contribution in [-0.2, 0) is 9.59 Å². The first-order valence-electron chi connectivity index (χ1n) is 10.1. The zero-order chi connectivity index (χ0) is 20.1. The number of halogens is 1. The maximum atomic E-state index is 13.3. The second kappa shape index (κ2) is 7.50. The van der Waals surface area contributed by atoms with Crippen LogP contribution in [0.15, 0.2) is 22.7 Å². The SMILES string of the molecule is CNCCCN1C(=O)[C@@H]2[C@H](C1=O)[C@H]1CCCN1[C@@H]2c1cc(-c2ccc(Cl)s2)on1. The number of imide groups is 1. The second-order valence-electron chi connectivity index (χ2n) is 7.95. The first kappa shape index (κ1) is 19.2. The van der Waals surface area contributed by atoms with Gasteiger partial charge in [-0.25, -0.2) is 0 Å². The van der Waals surface area contributed by atoms with Gasteiger partial charge in [-0.05, 0) is 51.5 Å². The molecule has 0 bridgehead atoms. The number of amides is 2. The van der Waals surface area contributed by atoms with Crippen LogP contribution < -0.4 is 5.32 Å². The van der Waals surface area contributed by atoms with Gasteiger partial charge in [-0.15, -0.1) is 11.3 Å². The van der Waals surface area contributed by atoms with E-state index < -0.39 is 0 Å². The summed E-state index contributed by atoms with van der Waals surface area (Å²) >= 11 is 7.48. The number of carbonyl (C=O) groups excluding carboxylic acids is 2. The monoisotopic (exact) mass is 434 g/mol. The lowest BCUT2D eigenvalue weighted by Crippen LogP contribution is -2.40. The van der Waals surface area contributed by atoms with Crippen LogP contribution in [0.5, 0.6) is 0 Å². The van der Waals surface area contributed by atoms with E-state index in [1.807, 2.05) is 25.2 Å². The molecule has 2 aromatic rings. The number of fused-ring (bicyclic) bond motifs is 3. The lowest BCUT2D eigenvalue weighted by molar-refractivity contribution is -0.141. The molecule has 0 aliphatic carbocycles. The predicted molar refractivity (Wildman–Crippen MR) is 110 cm³/mol. The smallest absolute Gasteiger partial charge is 0.235 e. The van der Waals surface area contributed by atoms with E-state index >= 15 is 0 Å². The summed E-state index contributed by atoms with van der Waals surface area (Å²) in [5.74, 6) is -0.0459. The summed E-state index contributed by atoms with van der Waals surface area (Å²) in [6.07, 6.45) is 2.75. The highest BCUT2D eigenvalue weighted by atomic mass is 35.5. The fourth-order valence-electron chi connectivity index (χ4n) is 5.24. The molecule has 7 nitrogen and oxygen atoms in total. The maximum absolute atomic E-state index is 13.3. The van der Waals surface area contributed by atoms with Crippen LogP contribution in [0, 0.1) is 11.8 Å². The Balaban J connectivity index is 1.46. The molecule has 3 aliphatic rings. The Morgan fingerprint density at radius 3 is 2.90 bits per heavy atom. The normalized spacial score (nSPS) is 29.1. The Morgan fingerprint density at radius 2 is 2.14 bits per heavy atom. The van der Waals surface area contributed by atoms with Gasteiger partial charge in [0.25, 0.3) is 0 Å². The molecule has 3 aliphatic heterocycles. The van der Waals surface area contributed by atoms with Crippen LogP contribution in [-0.4, -0.2) is 59.5 Å². The van der Waals surface area contributed by atoms with Crippen LogP contribution in [0.25, 0.3) is 10.6 Å². The lowest BCUT2D eigenvalue weighted by atomic mass is 9.86. The molecule has 1 N–H and O–H groups in total. The number of rotatable bonds is 6. The molecule has 154 valence electrons. The molecule has 5 heterocycles. The van der Waals surface area contributed by atoms with E-state index in [0.29, 0.717) is 16.6 Å². The van der Waals surface area contributed by atoms with Crippen molar-refractivity contribution in [2.24, 2.45) is 11.8 Å². The van der Waals surface area contributed by atoms with Crippen molar-refractivity contribution in [3.63, 3.8) is 0 Å². The first-order chi connectivity index (χ1) is 14.1. The van der Waals surface area contributed by atoms with Gasteiger partial charge in [0, 0.05) is 18.7 Å². The quantitative estimate of drug-likeness (QED) is 0.556. The van der Waals surface area contributed by atoms with Gasteiger partial charge < -0.3 is 9.84 Å². The minimum absolute atomic E-state index is 0.00994. The zero-order valence-corrected chi connectivity index (χ0v) is 17.7. The summed E-state index contributed by atoms with van der Waals surface area (Å²) in [5.41, 5.74) is 0.738. The average molecular weight is 435 g/mol. The van der Waals surface area contributed by atoms with Crippen molar-refractivity contribution in [3.05, 3.63) is 28.2 Å². The molecule has 2 aromatic heterocycles. The van der Waals surface area contributed by atoms with Gasteiger partial charge in [0.05, 0.1) is 27.1 Å².